The number of pyridine rings is 1. The molecule has 5 amide bonds. The van der Waals surface area contributed by atoms with Gasteiger partial charge in [0.25, 0.3) is 5.91 Å². The number of hydrazine groups is 1. The summed E-state index contributed by atoms with van der Waals surface area (Å²) in [5, 5.41) is 12.5. The number of urea groups is 1. The molecule has 2 saturated heterocycles. The number of rotatable bonds is 7. The summed E-state index contributed by atoms with van der Waals surface area (Å²) < 4.78 is 1.72. The zero-order chi connectivity index (χ0) is 24.4. The molecule has 2 aromatic rings. The molecule has 2 aromatic heterocycles. The maximum absolute atomic E-state index is 12.9. The van der Waals surface area contributed by atoms with Crippen LogP contribution in [0.5, 0.6) is 0 Å². The topological polar surface area (TPSA) is 142 Å². The van der Waals surface area contributed by atoms with Gasteiger partial charge in [0.15, 0.2) is 11.0 Å². The van der Waals surface area contributed by atoms with Gasteiger partial charge < -0.3 is 10.2 Å². The van der Waals surface area contributed by atoms with Crippen LogP contribution in [0.4, 0.5) is 4.79 Å². The summed E-state index contributed by atoms with van der Waals surface area (Å²) in [7, 11) is 0. The predicted octanol–water partition coefficient (Wildman–Crippen LogP) is 1.16. The Bertz CT molecular complexity index is 1150. The Labute approximate surface area is 205 Å². The summed E-state index contributed by atoms with van der Waals surface area (Å²) >= 11 is 1.11. The molecule has 5 rings (SSSR count). The van der Waals surface area contributed by atoms with Crippen LogP contribution in [0.25, 0.3) is 5.82 Å². The first kappa shape index (κ1) is 23.3. The number of likely N-dealkylation sites (tertiary alicyclic amines) is 1. The molecule has 0 atom stereocenters. The zero-order valence-electron chi connectivity index (χ0n) is 19.1. The number of nitrogens with zero attached hydrogens (tertiary/aromatic N) is 6. The first-order valence-corrected chi connectivity index (χ1v) is 12.7. The lowest BCUT2D eigenvalue weighted by Crippen LogP contribution is -2.51. The van der Waals surface area contributed by atoms with Crippen molar-refractivity contribution in [3.63, 3.8) is 0 Å². The van der Waals surface area contributed by atoms with E-state index in [0.717, 1.165) is 42.5 Å². The van der Waals surface area contributed by atoms with E-state index in [4.69, 9.17) is 0 Å². The van der Waals surface area contributed by atoms with E-state index in [2.05, 4.69) is 25.9 Å². The highest BCUT2D eigenvalue weighted by Crippen LogP contribution is 2.33. The van der Waals surface area contributed by atoms with Crippen LogP contribution in [-0.2, 0) is 20.9 Å². The number of amides is 5. The average molecular weight is 499 g/mol. The van der Waals surface area contributed by atoms with Crippen molar-refractivity contribution in [2.45, 2.75) is 62.2 Å². The van der Waals surface area contributed by atoms with E-state index in [0.29, 0.717) is 49.2 Å². The Morgan fingerprint density at radius 3 is 2.66 bits per heavy atom. The quantitative estimate of drug-likeness (QED) is 0.428. The Balaban J connectivity index is 1.28. The van der Waals surface area contributed by atoms with Crippen molar-refractivity contribution >= 4 is 35.5 Å². The molecule has 4 heterocycles. The summed E-state index contributed by atoms with van der Waals surface area (Å²) in [4.78, 5) is 56.2. The highest BCUT2D eigenvalue weighted by atomic mass is 32.2. The van der Waals surface area contributed by atoms with E-state index < -0.39 is 23.4 Å². The molecule has 35 heavy (non-hydrogen) atoms. The Morgan fingerprint density at radius 1 is 1.11 bits per heavy atom. The molecule has 12 nitrogen and oxygen atoms in total. The van der Waals surface area contributed by atoms with Gasteiger partial charge in [0.2, 0.25) is 11.8 Å². The molecular weight excluding hydrogens is 472 g/mol. The van der Waals surface area contributed by atoms with E-state index in [-0.39, 0.29) is 11.7 Å². The SMILES string of the molecule is O=C(CSc1nnc(CN2CCCC2=O)n1-c1ccccn1)NN1C(=O)NC2(CCCCC2)C1=O. The van der Waals surface area contributed by atoms with Crippen LogP contribution in [0.2, 0.25) is 0 Å². The summed E-state index contributed by atoms with van der Waals surface area (Å²) in [6, 6.07) is 4.80. The monoisotopic (exact) mass is 498 g/mol. The smallest absolute Gasteiger partial charge is 0.335 e. The molecule has 3 aliphatic rings. The Hall–Kier alpha value is -3.48. The van der Waals surface area contributed by atoms with Gasteiger partial charge >= 0.3 is 6.03 Å². The third kappa shape index (κ3) is 4.59. The van der Waals surface area contributed by atoms with E-state index in [9.17, 15) is 19.2 Å². The highest BCUT2D eigenvalue weighted by Gasteiger charge is 2.52. The molecular formula is C22H26N8O4S. The number of carbonyl (C=O) groups excluding carboxylic acids is 4. The number of imide groups is 1. The van der Waals surface area contributed by atoms with Gasteiger partial charge in [-0.3, -0.25) is 24.4 Å². The maximum Gasteiger partial charge on any atom is 0.344 e. The number of hydrogen-bond acceptors (Lipinski definition) is 8. The fraction of sp³-hybridized carbons (Fsp3) is 0.500. The zero-order valence-corrected chi connectivity index (χ0v) is 19.9. The second-order valence-corrected chi connectivity index (χ2v) is 9.82. The minimum absolute atomic E-state index is 0.0680. The number of thioether (sulfide) groups is 1. The molecule has 13 heteroatoms. The van der Waals surface area contributed by atoms with E-state index in [1.807, 2.05) is 6.07 Å². The van der Waals surface area contributed by atoms with Crippen LogP contribution >= 0.6 is 11.8 Å². The van der Waals surface area contributed by atoms with Gasteiger partial charge in [-0.1, -0.05) is 37.1 Å². The van der Waals surface area contributed by atoms with Crippen LogP contribution in [0.15, 0.2) is 29.6 Å². The third-order valence-corrected chi connectivity index (χ3v) is 7.45. The molecule has 1 spiro atoms. The Morgan fingerprint density at radius 2 is 1.94 bits per heavy atom. The molecule has 0 radical (unpaired) electrons. The second-order valence-electron chi connectivity index (χ2n) is 8.88. The summed E-state index contributed by atoms with van der Waals surface area (Å²) in [5.74, 6) is 0.148. The third-order valence-electron chi connectivity index (χ3n) is 6.52. The summed E-state index contributed by atoms with van der Waals surface area (Å²) in [6.45, 7) is 0.950. The number of nitrogens with one attached hydrogen (secondary N) is 2. The van der Waals surface area contributed by atoms with E-state index in [1.165, 1.54) is 0 Å². The van der Waals surface area contributed by atoms with Crippen molar-refractivity contribution in [2.75, 3.05) is 12.3 Å². The van der Waals surface area contributed by atoms with Crippen molar-refractivity contribution in [1.82, 2.24) is 40.4 Å². The molecule has 3 fully saturated rings. The lowest BCUT2D eigenvalue weighted by Gasteiger charge is -2.30. The maximum atomic E-state index is 12.9. The fourth-order valence-electron chi connectivity index (χ4n) is 4.76. The van der Waals surface area contributed by atoms with Gasteiger partial charge in [-0.05, 0) is 31.4 Å². The van der Waals surface area contributed by atoms with Crippen LogP contribution < -0.4 is 10.7 Å². The van der Waals surface area contributed by atoms with Crippen molar-refractivity contribution in [3.8, 4) is 5.82 Å². The molecule has 2 N–H and O–H groups in total. The lowest BCUT2D eigenvalue weighted by atomic mass is 9.82. The summed E-state index contributed by atoms with van der Waals surface area (Å²) in [6.07, 6.45) is 6.86. The molecule has 184 valence electrons. The molecule has 0 bridgehead atoms. The van der Waals surface area contributed by atoms with Gasteiger partial charge in [-0.2, -0.15) is 5.01 Å². The van der Waals surface area contributed by atoms with Crippen LogP contribution in [0.1, 0.15) is 50.8 Å². The molecule has 0 unspecified atom stereocenters. The van der Waals surface area contributed by atoms with Crippen LogP contribution in [0, 0.1) is 0 Å². The van der Waals surface area contributed by atoms with Gasteiger partial charge in [0.1, 0.15) is 11.4 Å². The molecule has 1 aliphatic carbocycles. The molecule has 2 aliphatic heterocycles. The van der Waals surface area contributed by atoms with Crippen LogP contribution in [0.3, 0.4) is 0 Å². The lowest BCUT2D eigenvalue weighted by molar-refractivity contribution is -0.139. The van der Waals surface area contributed by atoms with Crippen molar-refractivity contribution in [1.29, 1.82) is 0 Å². The number of aromatic nitrogens is 4. The standard InChI is InChI=1S/C22H26N8O4S/c31-17(27-30-19(33)22(24-20(30)34)9-3-1-4-10-22)14-35-21-26-25-16(13-28-12-6-8-18(28)32)29(21)15-7-2-5-11-23-15/h2,5,7,11H,1,3-4,6,8-10,12-14H2,(H,24,34)(H,27,31). The minimum atomic E-state index is -0.906. The average Bonchev–Trinajstić information content (AvgIpc) is 3.52. The largest absolute Gasteiger partial charge is 0.344 e. The van der Waals surface area contributed by atoms with Gasteiger partial charge in [0.05, 0.1) is 12.3 Å². The first-order chi connectivity index (χ1) is 17.0. The number of carbonyl (C=O) groups is 4. The Kier molecular flexibility index (Phi) is 6.41. The van der Waals surface area contributed by atoms with Gasteiger partial charge in [0, 0.05) is 19.2 Å². The van der Waals surface area contributed by atoms with Crippen molar-refractivity contribution < 1.29 is 19.2 Å². The fourth-order valence-corrected chi connectivity index (χ4v) is 5.51. The normalized spacial score (nSPS) is 19.5. The predicted molar refractivity (Wildman–Crippen MR) is 124 cm³/mol. The van der Waals surface area contributed by atoms with E-state index in [1.54, 1.807) is 27.8 Å². The number of hydrogen-bond donors (Lipinski definition) is 2. The highest BCUT2D eigenvalue weighted by molar-refractivity contribution is 7.99. The summed E-state index contributed by atoms with van der Waals surface area (Å²) in [5.41, 5.74) is 1.53. The molecule has 0 aromatic carbocycles. The minimum Gasteiger partial charge on any atom is -0.335 e. The van der Waals surface area contributed by atoms with Gasteiger partial charge in [-0.25, -0.2) is 9.78 Å². The van der Waals surface area contributed by atoms with Gasteiger partial charge in [-0.15, -0.1) is 10.2 Å². The second kappa shape index (κ2) is 9.64. The van der Waals surface area contributed by atoms with Crippen molar-refractivity contribution in [3.05, 3.63) is 30.2 Å². The first-order valence-electron chi connectivity index (χ1n) is 11.7. The van der Waals surface area contributed by atoms with Crippen molar-refractivity contribution in [2.24, 2.45) is 0 Å². The van der Waals surface area contributed by atoms with Crippen LogP contribution in [-0.4, -0.2) is 71.2 Å². The van der Waals surface area contributed by atoms with E-state index >= 15 is 0 Å². The molecule has 1 saturated carbocycles.